The SMILES string of the molecule is CCO[Si](/C=C/c1ccccc1OC(C)C)(OCC)OCC. The van der Waals surface area contributed by atoms with Crippen molar-refractivity contribution in [1.29, 1.82) is 0 Å². The van der Waals surface area contributed by atoms with Gasteiger partial charge in [0.05, 0.1) is 6.10 Å². The van der Waals surface area contributed by atoms with Crippen LogP contribution >= 0.6 is 0 Å². The topological polar surface area (TPSA) is 36.9 Å². The van der Waals surface area contributed by atoms with Gasteiger partial charge in [-0.2, -0.15) is 0 Å². The molecule has 0 bridgehead atoms. The summed E-state index contributed by atoms with van der Waals surface area (Å²) in [4.78, 5) is 0. The first-order valence-corrected chi connectivity index (χ1v) is 9.73. The normalized spacial score (nSPS) is 12.3. The van der Waals surface area contributed by atoms with Gasteiger partial charge in [-0.25, -0.2) is 0 Å². The average molecular weight is 324 g/mol. The summed E-state index contributed by atoms with van der Waals surface area (Å²) >= 11 is 0. The zero-order valence-corrected chi connectivity index (χ0v) is 15.3. The van der Waals surface area contributed by atoms with E-state index in [1.54, 1.807) is 0 Å². The lowest BCUT2D eigenvalue weighted by molar-refractivity contribution is 0.0845. The van der Waals surface area contributed by atoms with Crippen molar-refractivity contribution in [3.8, 4) is 5.75 Å². The van der Waals surface area contributed by atoms with Crippen molar-refractivity contribution >= 4 is 14.9 Å². The van der Waals surface area contributed by atoms with Crippen LogP contribution in [0.15, 0.2) is 30.0 Å². The van der Waals surface area contributed by atoms with E-state index in [9.17, 15) is 0 Å². The highest BCUT2D eigenvalue weighted by atomic mass is 28.4. The third-order valence-electron chi connectivity index (χ3n) is 2.79. The van der Waals surface area contributed by atoms with Gasteiger partial charge in [0.25, 0.3) is 0 Å². The van der Waals surface area contributed by atoms with Crippen LogP contribution in [0.3, 0.4) is 0 Å². The molecule has 1 aromatic carbocycles. The van der Waals surface area contributed by atoms with Gasteiger partial charge in [0, 0.05) is 25.4 Å². The average Bonchev–Trinajstić information content (AvgIpc) is 2.47. The first-order valence-electron chi connectivity index (χ1n) is 7.93. The fourth-order valence-electron chi connectivity index (χ4n) is 2.04. The van der Waals surface area contributed by atoms with Crippen LogP contribution in [-0.4, -0.2) is 34.7 Å². The molecule has 0 unspecified atom stereocenters. The molecule has 0 amide bonds. The number of para-hydroxylation sites is 1. The lowest BCUT2D eigenvalue weighted by atomic mass is 10.2. The van der Waals surface area contributed by atoms with Crippen LogP contribution in [0.1, 0.15) is 40.2 Å². The van der Waals surface area contributed by atoms with Gasteiger partial charge in [0.2, 0.25) is 0 Å². The number of benzene rings is 1. The van der Waals surface area contributed by atoms with Crippen LogP contribution in [0.5, 0.6) is 5.75 Å². The Balaban J connectivity index is 3.03. The van der Waals surface area contributed by atoms with Gasteiger partial charge in [-0.1, -0.05) is 24.3 Å². The third kappa shape index (κ3) is 5.92. The van der Waals surface area contributed by atoms with E-state index in [4.69, 9.17) is 18.0 Å². The smallest absolute Gasteiger partial charge is 0.490 e. The highest BCUT2D eigenvalue weighted by Gasteiger charge is 2.37. The lowest BCUT2D eigenvalue weighted by Crippen LogP contribution is -2.44. The number of ether oxygens (including phenoxy) is 1. The van der Waals surface area contributed by atoms with Crippen molar-refractivity contribution in [1.82, 2.24) is 0 Å². The summed E-state index contributed by atoms with van der Waals surface area (Å²) in [5.74, 6) is 0.848. The van der Waals surface area contributed by atoms with Crippen molar-refractivity contribution in [3.63, 3.8) is 0 Å². The molecule has 0 N–H and O–H groups in total. The molecular formula is C17H28O4Si. The molecule has 0 aromatic heterocycles. The Bertz CT molecular complexity index is 443. The number of rotatable bonds is 10. The lowest BCUT2D eigenvalue weighted by Gasteiger charge is -2.25. The summed E-state index contributed by atoms with van der Waals surface area (Å²) in [6, 6.07) is 7.92. The van der Waals surface area contributed by atoms with Gasteiger partial charge in [-0.05, 0) is 46.4 Å². The Labute approximate surface area is 135 Å². The highest BCUT2D eigenvalue weighted by molar-refractivity contribution is 6.67. The van der Waals surface area contributed by atoms with Crippen molar-refractivity contribution in [3.05, 3.63) is 35.5 Å². The van der Waals surface area contributed by atoms with Gasteiger partial charge in [-0.3, -0.25) is 0 Å². The van der Waals surface area contributed by atoms with E-state index in [2.05, 4.69) is 0 Å². The molecule has 1 aromatic rings. The van der Waals surface area contributed by atoms with Gasteiger partial charge >= 0.3 is 8.80 Å². The van der Waals surface area contributed by atoms with E-state index < -0.39 is 8.80 Å². The van der Waals surface area contributed by atoms with Gasteiger partial charge < -0.3 is 18.0 Å². The van der Waals surface area contributed by atoms with Gasteiger partial charge in [-0.15, -0.1) is 0 Å². The molecule has 0 atom stereocenters. The molecule has 0 aliphatic rings. The van der Waals surface area contributed by atoms with Crippen molar-refractivity contribution in [2.45, 2.75) is 40.7 Å². The molecule has 0 fully saturated rings. The summed E-state index contributed by atoms with van der Waals surface area (Å²) in [7, 11) is -2.78. The van der Waals surface area contributed by atoms with Crippen LogP contribution in [0.25, 0.3) is 6.08 Å². The molecule has 5 heteroatoms. The first kappa shape index (κ1) is 18.9. The first-order chi connectivity index (χ1) is 10.6. The van der Waals surface area contributed by atoms with Crippen molar-refractivity contribution < 1.29 is 18.0 Å². The zero-order chi connectivity index (χ0) is 16.4. The minimum Gasteiger partial charge on any atom is -0.490 e. The molecule has 0 spiro atoms. The van der Waals surface area contributed by atoms with Crippen LogP contribution < -0.4 is 4.74 Å². The second-order valence-electron chi connectivity index (χ2n) is 4.94. The van der Waals surface area contributed by atoms with Gasteiger partial charge in [0.15, 0.2) is 0 Å². The van der Waals surface area contributed by atoms with E-state index in [1.807, 2.05) is 70.7 Å². The van der Waals surface area contributed by atoms with Crippen LogP contribution in [0.2, 0.25) is 0 Å². The molecule has 0 saturated carbocycles. The van der Waals surface area contributed by atoms with Gasteiger partial charge in [0.1, 0.15) is 5.75 Å². The highest BCUT2D eigenvalue weighted by Crippen LogP contribution is 2.23. The van der Waals surface area contributed by atoms with Crippen LogP contribution in [-0.2, 0) is 13.3 Å². The minimum atomic E-state index is -2.78. The third-order valence-corrected chi connectivity index (χ3v) is 5.43. The van der Waals surface area contributed by atoms with E-state index >= 15 is 0 Å². The maximum Gasteiger partial charge on any atom is 0.529 e. The second-order valence-corrected chi connectivity index (χ2v) is 7.35. The van der Waals surface area contributed by atoms with E-state index in [0.717, 1.165) is 11.3 Å². The fourth-order valence-corrected chi connectivity index (χ4v) is 4.17. The maximum absolute atomic E-state index is 5.83. The predicted molar refractivity (Wildman–Crippen MR) is 91.9 cm³/mol. The predicted octanol–water partition coefficient (Wildman–Crippen LogP) is 4.07. The molecule has 0 aliphatic heterocycles. The monoisotopic (exact) mass is 324 g/mol. The summed E-state index contributed by atoms with van der Waals surface area (Å²) < 4.78 is 23.3. The molecule has 1 rings (SSSR count). The summed E-state index contributed by atoms with van der Waals surface area (Å²) in [6.07, 6.45) is 2.10. The maximum atomic E-state index is 5.83. The van der Waals surface area contributed by atoms with E-state index in [1.165, 1.54) is 0 Å². The fraction of sp³-hybridized carbons (Fsp3) is 0.529. The van der Waals surface area contributed by atoms with Crippen LogP contribution in [0.4, 0.5) is 0 Å². The Kier molecular flexibility index (Phi) is 8.41. The quantitative estimate of drug-likeness (QED) is 0.608. The molecule has 0 saturated heterocycles. The molecular weight excluding hydrogens is 296 g/mol. The summed E-state index contributed by atoms with van der Waals surface area (Å²) in [5.41, 5.74) is 2.93. The number of hydrogen-bond acceptors (Lipinski definition) is 4. The number of hydrogen-bond donors (Lipinski definition) is 0. The molecule has 4 nitrogen and oxygen atoms in total. The van der Waals surface area contributed by atoms with Crippen LogP contribution in [0, 0.1) is 0 Å². The Morgan fingerprint density at radius 2 is 1.50 bits per heavy atom. The van der Waals surface area contributed by atoms with Crippen molar-refractivity contribution in [2.24, 2.45) is 0 Å². The molecule has 0 aliphatic carbocycles. The standard InChI is InChI=1S/C17H28O4Si/c1-6-18-22(19-7-2,20-8-3)14-13-16-11-9-10-12-17(16)21-15(4)5/h9-15H,6-8H2,1-5H3/b14-13+. The minimum absolute atomic E-state index is 0.127. The zero-order valence-electron chi connectivity index (χ0n) is 14.3. The molecule has 0 heterocycles. The Morgan fingerprint density at radius 3 is 2.00 bits per heavy atom. The molecule has 124 valence electrons. The Morgan fingerprint density at radius 1 is 0.955 bits per heavy atom. The van der Waals surface area contributed by atoms with E-state index in [0.29, 0.717) is 19.8 Å². The van der Waals surface area contributed by atoms with E-state index in [-0.39, 0.29) is 6.10 Å². The summed E-state index contributed by atoms with van der Waals surface area (Å²) in [5, 5.41) is 0. The second kappa shape index (κ2) is 9.79. The van der Waals surface area contributed by atoms with Crippen molar-refractivity contribution in [2.75, 3.05) is 19.8 Å². The summed E-state index contributed by atoms with van der Waals surface area (Å²) in [6.45, 7) is 11.5. The Hall–Kier alpha value is -1.14. The molecule has 22 heavy (non-hydrogen) atoms. The largest absolute Gasteiger partial charge is 0.529 e. The molecule has 0 radical (unpaired) electrons.